The Morgan fingerprint density at radius 1 is 1.17 bits per heavy atom. The Hall–Kier alpha value is -2.51. The van der Waals surface area contributed by atoms with Crippen LogP contribution in [0.5, 0.6) is 0 Å². The van der Waals surface area contributed by atoms with Crippen molar-refractivity contribution in [3.8, 4) is 0 Å². The van der Waals surface area contributed by atoms with E-state index in [0.29, 0.717) is 30.8 Å². The fourth-order valence-electron chi connectivity index (χ4n) is 4.01. The lowest BCUT2D eigenvalue weighted by molar-refractivity contribution is -0.119. The van der Waals surface area contributed by atoms with Gasteiger partial charge >= 0.3 is 0 Å². The molecule has 2 aliphatic rings. The number of nitrogens with zero attached hydrogens (tertiary/aromatic N) is 3. The largest absolute Gasteiger partial charge is 0.349 e. The second-order valence-electron chi connectivity index (χ2n) is 8.05. The van der Waals surface area contributed by atoms with E-state index in [2.05, 4.69) is 39.8 Å². The van der Waals surface area contributed by atoms with E-state index in [1.807, 2.05) is 30.3 Å². The molecule has 0 saturated carbocycles. The number of benzene rings is 1. The number of hydrogen-bond donors (Lipinski definition) is 1. The second kappa shape index (κ2) is 9.53. The summed E-state index contributed by atoms with van der Waals surface area (Å²) >= 11 is 1.73. The van der Waals surface area contributed by atoms with E-state index in [1.54, 1.807) is 11.3 Å². The van der Waals surface area contributed by atoms with Gasteiger partial charge in [0, 0.05) is 24.3 Å². The van der Waals surface area contributed by atoms with E-state index in [0.717, 1.165) is 19.0 Å². The van der Waals surface area contributed by atoms with Crippen LogP contribution in [-0.2, 0) is 9.59 Å². The number of nitrogens with one attached hydrogen (secondary N) is 1. The van der Waals surface area contributed by atoms with Gasteiger partial charge < -0.3 is 5.32 Å². The van der Waals surface area contributed by atoms with Gasteiger partial charge in [0.1, 0.15) is 5.71 Å². The molecular weight excluding hydrogens is 396 g/mol. The minimum Gasteiger partial charge on any atom is -0.349 e. The smallest absolute Gasteiger partial charge is 0.267 e. The minimum absolute atomic E-state index is 0.0864. The highest BCUT2D eigenvalue weighted by Crippen LogP contribution is 2.29. The lowest BCUT2D eigenvalue weighted by Gasteiger charge is -2.36. The number of carbonyl (C=O) groups excluding carboxylic acids is 2. The SMILES string of the molecule is CC1CCN(C(CNC(=O)C2=NN(c3ccccc3)C(=O)CC2)c2cccs2)CC1. The number of piperidine rings is 1. The number of hydrogen-bond acceptors (Lipinski definition) is 5. The van der Waals surface area contributed by atoms with Crippen molar-refractivity contribution in [3.05, 3.63) is 52.7 Å². The zero-order valence-corrected chi connectivity index (χ0v) is 18.1. The van der Waals surface area contributed by atoms with Gasteiger partial charge in [0.05, 0.1) is 11.7 Å². The number of likely N-dealkylation sites (tertiary alicyclic amines) is 1. The maximum Gasteiger partial charge on any atom is 0.267 e. The summed E-state index contributed by atoms with van der Waals surface area (Å²) in [7, 11) is 0. The topological polar surface area (TPSA) is 65.0 Å². The van der Waals surface area contributed by atoms with Crippen LogP contribution in [0.4, 0.5) is 5.69 Å². The lowest BCUT2D eigenvalue weighted by Crippen LogP contribution is -2.44. The predicted molar refractivity (Wildman–Crippen MR) is 121 cm³/mol. The molecule has 1 unspecified atom stereocenters. The van der Waals surface area contributed by atoms with Crippen LogP contribution >= 0.6 is 11.3 Å². The van der Waals surface area contributed by atoms with Gasteiger partial charge in [0.15, 0.2) is 0 Å². The standard InChI is InChI=1S/C23H28N4O2S/c1-17-11-13-26(14-12-17)20(21-8-5-15-30-21)16-24-23(29)19-9-10-22(28)27(25-19)18-6-3-2-4-7-18/h2-8,15,17,20H,9-14,16H2,1H3,(H,24,29). The number of para-hydroxylation sites is 1. The molecule has 0 spiro atoms. The molecule has 0 aliphatic carbocycles. The molecular formula is C23H28N4O2S. The van der Waals surface area contributed by atoms with Crippen molar-refractivity contribution in [2.24, 2.45) is 11.0 Å². The second-order valence-corrected chi connectivity index (χ2v) is 9.03. The van der Waals surface area contributed by atoms with Crippen LogP contribution in [0.15, 0.2) is 52.9 Å². The van der Waals surface area contributed by atoms with E-state index < -0.39 is 0 Å². The third kappa shape index (κ3) is 4.79. The molecule has 1 saturated heterocycles. The molecule has 4 rings (SSSR count). The molecule has 158 valence electrons. The first-order valence-corrected chi connectivity index (χ1v) is 11.5. The number of amides is 2. The molecule has 1 fully saturated rings. The monoisotopic (exact) mass is 424 g/mol. The van der Waals surface area contributed by atoms with Gasteiger partial charge in [-0.2, -0.15) is 5.10 Å². The molecule has 1 atom stereocenters. The molecule has 1 aromatic heterocycles. The Kier molecular flexibility index (Phi) is 6.59. The zero-order chi connectivity index (χ0) is 20.9. The van der Waals surface area contributed by atoms with Crippen LogP contribution in [0.3, 0.4) is 0 Å². The van der Waals surface area contributed by atoms with E-state index in [4.69, 9.17) is 0 Å². The van der Waals surface area contributed by atoms with E-state index in [-0.39, 0.29) is 17.9 Å². The summed E-state index contributed by atoms with van der Waals surface area (Å²) in [5, 5.41) is 10.9. The van der Waals surface area contributed by atoms with Crippen LogP contribution in [0.1, 0.15) is 43.5 Å². The number of anilines is 1. The zero-order valence-electron chi connectivity index (χ0n) is 17.3. The molecule has 2 aromatic rings. The van der Waals surface area contributed by atoms with Gasteiger partial charge in [0.25, 0.3) is 5.91 Å². The molecule has 30 heavy (non-hydrogen) atoms. The van der Waals surface area contributed by atoms with E-state index >= 15 is 0 Å². The molecule has 2 aliphatic heterocycles. The first-order chi connectivity index (χ1) is 14.6. The van der Waals surface area contributed by atoms with Gasteiger partial charge in [-0.1, -0.05) is 31.2 Å². The Balaban J connectivity index is 1.45. The third-order valence-electron chi connectivity index (χ3n) is 5.88. The van der Waals surface area contributed by atoms with E-state index in [9.17, 15) is 9.59 Å². The summed E-state index contributed by atoms with van der Waals surface area (Å²) in [4.78, 5) is 29.0. The molecule has 2 amide bonds. The normalized spacial score (nSPS) is 19.4. The highest BCUT2D eigenvalue weighted by molar-refractivity contribution is 7.10. The number of rotatable bonds is 6. The van der Waals surface area contributed by atoms with Gasteiger partial charge in [-0.3, -0.25) is 14.5 Å². The van der Waals surface area contributed by atoms with Crippen LogP contribution in [-0.4, -0.2) is 42.1 Å². The van der Waals surface area contributed by atoms with Crippen molar-refractivity contribution in [3.63, 3.8) is 0 Å². The van der Waals surface area contributed by atoms with Gasteiger partial charge in [-0.15, -0.1) is 11.3 Å². The average Bonchev–Trinajstić information content (AvgIpc) is 3.30. The first-order valence-electron chi connectivity index (χ1n) is 10.6. The highest BCUT2D eigenvalue weighted by atomic mass is 32.1. The van der Waals surface area contributed by atoms with Crippen molar-refractivity contribution in [1.29, 1.82) is 0 Å². The maximum atomic E-state index is 12.9. The van der Waals surface area contributed by atoms with Crippen molar-refractivity contribution >= 4 is 34.6 Å². The quantitative estimate of drug-likeness (QED) is 0.767. The summed E-state index contributed by atoms with van der Waals surface area (Å²) in [6.45, 7) is 4.96. The van der Waals surface area contributed by atoms with Crippen molar-refractivity contribution in [1.82, 2.24) is 10.2 Å². The molecule has 3 heterocycles. The Morgan fingerprint density at radius 3 is 2.63 bits per heavy atom. The molecule has 1 N–H and O–H groups in total. The van der Waals surface area contributed by atoms with Crippen LogP contribution in [0.2, 0.25) is 0 Å². The average molecular weight is 425 g/mol. The molecule has 0 radical (unpaired) electrons. The molecule has 7 heteroatoms. The third-order valence-corrected chi connectivity index (χ3v) is 6.86. The van der Waals surface area contributed by atoms with Crippen LogP contribution < -0.4 is 10.3 Å². The maximum absolute atomic E-state index is 12.9. The molecule has 0 bridgehead atoms. The van der Waals surface area contributed by atoms with Crippen LogP contribution in [0, 0.1) is 5.92 Å². The highest BCUT2D eigenvalue weighted by Gasteiger charge is 2.28. The van der Waals surface area contributed by atoms with Gasteiger partial charge in [-0.25, -0.2) is 5.01 Å². The fourth-order valence-corrected chi connectivity index (χ4v) is 4.87. The van der Waals surface area contributed by atoms with Gasteiger partial charge in [-0.05, 0) is 55.4 Å². The van der Waals surface area contributed by atoms with Crippen molar-refractivity contribution in [2.45, 2.75) is 38.6 Å². The summed E-state index contributed by atoms with van der Waals surface area (Å²) in [6.07, 6.45) is 3.05. The van der Waals surface area contributed by atoms with Crippen molar-refractivity contribution < 1.29 is 9.59 Å². The van der Waals surface area contributed by atoms with Crippen LogP contribution in [0.25, 0.3) is 0 Å². The molecule has 1 aromatic carbocycles. The fraction of sp³-hybridized carbons (Fsp3) is 0.435. The predicted octanol–water partition coefficient (Wildman–Crippen LogP) is 3.82. The number of carbonyl (C=O) groups is 2. The summed E-state index contributed by atoms with van der Waals surface area (Å²) < 4.78 is 0. The Labute approximate surface area is 181 Å². The Bertz CT molecular complexity index is 889. The lowest BCUT2D eigenvalue weighted by atomic mass is 9.97. The first kappa shape index (κ1) is 20.8. The van der Waals surface area contributed by atoms with Gasteiger partial charge in [0.2, 0.25) is 5.91 Å². The van der Waals surface area contributed by atoms with E-state index in [1.165, 1.54) is 22.7 Å². The minimum atomic E-state index is -0.185. The number of hydrazone groups is 1. The molecule has 6 nitrogen and oxygen atoms in total. The summed E-state index contributed by atoms with van der Waals surface area (Å²) in [5.41, 5.74) is 1.10. The Morgan fingerprint density at radius 2 is 1.93 bits per heavy atom. The summed E-state index contributed by atoms with van der Waals surface area (Å²) in [5.74, 6) is 0.491. The number of thiophene rings is 1. The summed E-state index contributed by atoms with van der Waals surface area (Å²) in [6, 6.07) is 13.6. The van der Waals surface area contributed by atoms with Crippen molar-refractivity contribution in [2.75, 3.05) is 24.6 Å².